The van der Waals surface area contributed by atoms with Crippen molar-refractivity contribution < 1.29 is 17.9 Å². The Labute approximate surface area is 218 Å². The lowest BCUT2D eigenvalue weighted by Gasteiger charge is -2.12. The van der Waals surface area contributed by atoms with Crippen molar-refractivity contribution in [2.45, 2.75) is 11.6 Å². The number of nitrogens with zero attached hydrogens (tertiary/aromatic N) is 5. The van der Waals surface area contributed by atoms with Crippen molar-refractivity contribution in [1.82, 2.24) is 24.5 Å². The van der Waals surface area contributed by atoms with Crippen molar-refractivity contribution in [3.05, 3.63) is 72.0 Å². The van der Waals surface area contributed by atoms with Crippen molar-refractivity contribution >= 4 is 44.0 Å². The summed E-state index contributed by atoms with van der Waals surface area (Å²) in [5.41, 5.74) is 1.94. The molecule has 0 bridgehead atoms. The van der Waals surface area contributed by atoms with Gasteiger partial charge in [-0.3, -0.25) is 9.67 Å². The molecule has 0 aliphatic rings. The van der Waals surface area contributed by atoms with Gasteiger partial charge in [0.1, 0.15) is 18.0 Å². The van der Waals surface area contributed by atoms with Crippen molar-refractivity contribution in [2.75, 3.05) is 18.7 Å². The number of aryl methyl sites for hydroxylation is 1. The van der Waals surface area contributed by atoms with Gasteiger partial charge in [-0.25, -0.2) is 13.1 Å². The Hall–Kier alpha value is -3.93. The van der Waals surface area contributed by atoms with Crippen LogP contribution in [0.1, 0.15) is 0 Å². The Balaban J connectivity index is 1.69. The molecule has 0 aliphatic carbocycles. The van der Waals surface area contributed by atoms with Crippen LogP contribution in [0.15, 0.2) is 71.9 Å². The number of anilines is 2. The second-order valence-corrected chi connectivity index (χ2v) is 10.7. The summed E-state index contributed by atoms with van der Waals surface area (Å²) < 4.78 is 38.8. The van der Waals surface area contributed by atoms with E-state index in [0.717, 1.165) is 11.6 Å². The Morgan fingerprint density at radius 3 is 2.51 bits per heavy atom. The second kappa shape index (κ2) is 9.85. The summed E-state index contributed by atoms with van der Waals surface area (Å²) in [5, 5.41) is 13.6. The topological polar surface area (TPSA) is 113 Å². The highest BCUT2D eigenvalue weighted by Gasteiger charge is 2.20. The van der Waals surface area contributed by atoms with Crippen LogP contribution in [0.2, 0.25) is 5.02 Å². The molecular weight excluding hydrogens is 516 g/mol. The molecule has 0 amide bonds. The lowest BCUT2D eigenvalue weighted by atomic mass is 10.1. The third-order valence-corrected chi connectivity index (χ3v) is 6.97. The molecule has 3 heterocycles. The number of fused-ring (bicyclic) bond motifs is 1. The normalized spacial score (nSPS) is 11.7. The van der Waals surface area contributed by atoms with Crippen LogP contribution in [0.4, 0.5) is 11.6 Å². The highest BCUT2D eigenvalue weighted by atomic mass is 35.5. The molecule has 0 saturated carbocycles. The zero-order chi connectivity index (χ0) is 26.2. The number of sulfone groups is 1. The summed E-state index contributed by atoms with van der Waals surface area (Å²) in [5.74, 6) is 2.06. The van der Waals surface area contributed by atoms with Gasteiger partial charge in [0.2, 0.25) is 0 Å². The van der Waals surface area contributed by atoms with E-state index in [1.54, 1.807) is 46.9 Å². The molecule has 0 aliphatic heterocycles. The molecule has 0 unspecified atom stereocenters. The summed E-state index contributed by atoms with van der Waals surface area (Å²) in [6, 6.07) is 15.3. The van der Waals surface area contributed by atoms with Gasteiger partial charge in [-0.2, -0.15) is 10.2 Å². The van der Waals surface area contributed by atoms with Gasteiger partial charge in [-0.1, -0.05) is 11.6 Å². The zero-order valence-electron chi connectivity index (χ0n) is 20.2. The summed E-state index contributed by atoms with van der Waals surface area (Å²) in [6.07, 6.45) is 4.65. The number of nitrogens with one attached hydrogen (secondary N) is 1. The van der Waals surface area contributed by atoms with Gasteiger partial charge in [0, 0.05) is 49.8 Å². The standard InChI is InChI=1S/C25H23ClN6O4S/c1-31-12-10-22(29-31)28-25-19-13-16(23-20(26)5-4-11-27-23)14-21(24(19)32(30-25)15-35-2)36-17-6-8-18(9-7-17)37(3,33)34/h4-14H,15H2,1-3H3,(H,28,29,30). The minimum atomic E-state index is -3.34. The van der Waals surface area contributed by atoms with Crippen molar-refractivity contribution in [1.29, 1.82) is 0 Å². The number of halogens is 1. The number of aromatic nitrogens is 5. The van der Waals surface area contributed by atoms with Crippen molar-refractivity contribution in [3.8, 4) is 22.8 Å². The van der Waals surface area contributed by atoms with Gasteiger partial charge in [-0.15, -0.1) is 0 Å². The van der Waals surface area contributed by atoms with Crippen LogP contribution >= 0.6 is 11.6 Å². The first kappa shape index (κ1) is 24.8. The minimum absolute atomic E-state index is 0.160. The molecule has 1 N–H and O–H groups in total. The van der Waals surface area contributed by atoms with Crippen molar-refractivity contribution in [3.63, 3.8) is 0 Å². The number of pyridine rings is 1. The monoisotopic (exact) mass is 538 g/mol. The number of rotatable bonds is 8. The maximum absolute atomic E-state index is 11.9. The van der Waals surface area contributed by atoms with E-state index >= 15 is 0 Å². The maximum Gasteiger partial charge on any atom is 0.175 e. The molecule has 0 fully saturated rings. The fourth-order valence-corrected chi connectivity index (χ4v) is 4.75. The molecule has 0 spiro atoms. The van der Waals surface area contributed by atoms with Crippen LogP contribution in [-0.2, 0) is 28.4 Å². The smallest absolute Gasteiger partial charge is 0.175 e. The summed E-state index contributed by atoms with van der Waals surface area (Å²) in [4.78, 5) is 4.66. The number of hydrogen-bond donors (Lipinski definition) is 1. The number of hydrogen-bond acceptors (Lipinski definition) is 8. The summed E-state index contributed by atoms with van der Waals surface area (Å²) >= 11 is 6.48. The lowest BCUT2D eigenvalue weighted by Crippen LogP contribution is -2.03. The van der Waals surface area contributed by atoms with Crippen LogP contribution < -0.4 is 10.1 Å². The van der Waals surface area contributed by atoms with Gasteiger partial charge < -0.3 is 14.8 Å². The molecule has 12 heteroatoms. The third-order valence-electron chi connectivity index (χ3n) is 5.53. The highest BCUT2D eigenvalue weighted by Crippen LogP contribution is 2.40. The van der Waals surface area contributed by atoms with E-state index in [2.05, 4.69) is 15.4 Å². The lowest BCUT2D eigenvalue weighted by molar-refractivity contribution is 0.124. The molecular formula is C25H23ClN6O4S. The van der Waals surface area contributed by atoms with Crippen LogP contribution in [0, 0.1) is 0 Å². The van der Waals surface area contributed by atoms with Gasteiger partial charge in [-0.05, 0) is 48.5 Å². The molecule has 0 saturated heterocycles. The Kier molecular flexibility index (Phi) is 6.59. The van der Waals surface area contributed by atoms with Crippen LogP contribution in [0.3, 0.4) is 0 Å². The Morgan fingerprint density at radius 1 is 1.08 bits per heavy atom. The fraction of sp³-hybridized carbons (Fsp3) is 0.160. The average molecular weight is 539 g/mol. The summed E-state index contributed by atoms with van der Waals surface area (Å²) in [7, 11) is 0.0652. The predicted molar refractivity (Wildman–Crippen MR) is 141 cm³/mol. The first-order valence-electron chi connectivity index (χ1n) is 11.1. The number of benzene rings is 2. The van der Waals surface area contributed by atoms with Crippen molar-refractivity contribution in [2.24, 2.45) is 7.05 Å². The molecule has 190 valence electrons. The van der Waals surface area contributed by atoms with Gasteiger partial charge in [0.15, 0.2) is 27.2 Å². The molecule has 3 aromatic heterocycles. The molecule has 0 radical (unpaired) electrons. The van der Waals surface area contributed by atoms with E-state index in [1.807, 2.05) is 31.4 Å². The van der Waals surface area contributed by atoms with E-state index < -0.39 is 9.84 Å². The van der Waals surface area contributed by atoms with Gasteiger partial charge in [0.05, 0.1) is 15.6 Å². The van der Waals surface area contributed by atoms with E-state index in [9.17, 15) is 8.42 Å². The Bertz CT molecular complexity index is 1700. The van der Waals surface area contributed by atoms with Crippen LogP contribution in [0.5, 0.6) is 11.5 Å². The quantitative estimate of drug-likeness (QED) is 0.293. The average Bonchev–Trinajstić information content (AvgIpc) is 3.42. The minimum Gasteiger partial charge on any atom is -0.455 e. The molecule has 5 rings (SSSR count). The highest BCUT2D eigenvalue weighted by molar-refractivity contribution is 7.90. The van der Waals surface area contributed by atoms with E-state index in [4.69, 9.17) is 26.2 Å². The predicted octanol–water partition coefficient (Wildman–Crippen LogP) is 5.03. The first-order valence-corrected chi connectivity index (χ1v) is 13.4. The molecule has 37 heavy (non-hydrogen) atoms. The van der Waals surface area contributed by atoms with E-state index in [-0.39, 0.29) is 11.6 Å². The third kappa shape index (κ3) is 5.15. The molecule has 2 aromatic carbocycles. The maximum atomic E-state index is 11.9. The van der Waals surface area contributed by atoms with Gasteiger partial charge >= 0.3 is 0 Å². The molecule has 10 nitrogen and oxygen atoms in total. The van der Waals surface area contributed by atoms with Crippen LogP contribution in [0.25, 0.3) is 22.2 Å². The molecule has 0 atom stereocenters. The largest absolute Gasteiger partial charge is 0.455 e. The Morgan fingerprint density at radius 2 is 1.86 bits per heavy atom. The summed E-state index contributed by atoms with van der Waals surface area (Å²) in [6.45, 7) is 0.160. The fourth-order valence-electron chi connectivity index (χ4n) is 3.88. The second-order valence-electron chi connectivity index (χ2n) is 8.32. The number of methoxy groups -OCH3 is 1. The van der Waals surface area contributed by atoms with E-state index in [0.29, 0.717) is 44.9 Å². The van der Waals surface area contributed by atoms with Crippen LogP contribution in [-0.4, -0.2) is 46.3 Å². The number of ether oxygens (including phenoxy) is 2. The first-order chi connectivity index (χ1) is 17.7. The van der Waals surface area contributed by atoms with E-state index in [1.165, 1.54) is 12.1 Å². The molecule has 5 aromatic rings. The van der Waals surface area contributed by atoms with Gasteiger partial charge in [0.25, 0.3) is 0 Å². The zero-order valence-corrected chi connectivity index (χ0v) is 21.8. The SMILES string of the molecule is COCn1nc(Nc2ccn(C)n2)c2cc(-c3ncccc3Cl)cc(Oc3ccc(S(C)(=O)=O)cc3)c21.